The predicted octanol–water partition coefficient (Wildman–Crippen LogP) is 3.69. The highest BCUT2D eigenvalue weighted by Gasteiger charge is 2.28. The minimum atomic E-state index is -0.524. The van der Waals surface area contributed by atoms with Crippen LogP contribution in [0.2, 0.25) is 0 Å². The van der Waals surface area contributed by atoms with Gasteiger partial charge in [-0.05, 0) is 41.8 Å². The van der Waals surface area contributed by atoms with E-state index in [1.54, 1.807) is 56.7 Å². The maximum absolute atomic E-state index is 15.2. The summed E-state index contributed by atoms with van der Waals surface area (Å²) in [7, 11) is 3.41. The molecule has 5 aromatic rings. The van der Waals surface area contributed by atoms with E-state index >= 15 is 4.39 Å². The Morgan fingerprint density at radius 1 is 1.20 bits per heavy atom. The minimum Gasteiger partial charge on any atom is -0.432 e. The van der Waals surface area contributed by atoms with Crippen LogP contribution < -0.4 is 15.5 Å². The number of aromatic amines is 1. The number of oxazole rings is 1. The highest BCUT2D eigenvalue weighted by molar-refractivity contribution is 6.01. The number of urea groups is 1. The Hall–Kier alpha value is -5.00. The molecular formula is C28H27FN8O3. The highest BCUT2D eigenvalue weighted by atomic mass is 19.1. The summed E-state index contributed by atoms with van der Waals surface area (Å²) < 4.78 is 20.7. The zero-order valence-electron chi connectivity index (χ0n) is 21.9. The molecule has 3 amide bonds. The summed E-state index contributed by atoms with van der Waals surface area (Å²) in [4.78, 5) is 36.8. The molecule has 1 fully saturated rings. The number of anilines is 1. The van der Waals surface area contributed by atoms with E-state index in [-0.39, 0.29) is 24.5 Å². The van der Waals surface area contributed by atoms with E-state index in [1.807, 2.05) is 6.07 Å². The standard InChI is InChI=1S/C28H27FN8O3/c1-36(2)28(39)32-18-10-12-37(15-18)25-23-19(9-11-30-24(23)34-35-25)16-7-8-17(20(29)13-16)14-31-26(38)27-33-21-5-3-4-6-22(21)40-27/h3-9,11,13,18H,10,12,14-15H2,1-2H3,(H,31,38)(H,32,39)(H,30,34,35)/t18-/m1/s1. The van der Waals surface area contributed by atoms with Crippen LogP contribution >= 0.6 is 0 Å². The van der Waals surface area contributed by atoms with Crippen LogP contribution in [0.4, 0.5) is 15.0 Å². The van der Waals surface area contributed by atoms with Crippen molar-refractivity contribution in [2.75, 3.05) is 32.1 Å². The number of para-hydroxylation sites is 2. The van der Waals surface area contributed by atoms with Gasteiger partial charge >= 0.3 is 11.9 Å². The van der Waals surface area contributed by atoms with Gasteiger partial charge in [0.1, 0.15) is 11.3 Å². The smallest absolute Gasteiger partial charge is 0.317 e. The second-order valence-electron chi connectivity index (χ2n) is 9.88. The fourth-order valence-electron chi connectivity index (χ4n) is 4.86. The third-order valence-electron chi connectivity index (χ3n) is 6.96. The van der Waals surface area contributed by atoms with Crippen molar-refractivity contribution < 1.29 is 18.4 Å². The molecule has 11 nitrogen and oxygen atoms in total. The van der Waals surface area contributed by atoms with E-state index in [9.17, 15) is 9.59 Å². The fraction of sp³-hybridized carbons (Fsp3) is 0.250. The first kappa shape index (κ1) is 25.3. The van der Waals surface area contributed by atoms with Crippen molar-refractivity contribution in [1.82, 2.24) is 35.7 Å². The van der Waals surface area contributed by atoms with Crippen LogP contribution in [0.15, 0.2) is 59.1 Å². The predicted molar refractivity (Wildman–Crippen MR) is 147 cm³/mol. The molecule has 3 aromatic heterocycles. The molecule has 1 aliphatic rings. The minimum absolute atomic E-state index is 0.0107. The number of pyridine rings is 1. The van der Waals surface area contributed by atoms with Gasteiger partial charge in [-0.25, -0.2) is 19.2 Å². The van der Waals surface area contributed by atoms with Gasteiger partial charge in [-0.1, -0.05) is 24.3 Å². The molecule has 0 radical (unpaired) electrons. The molecule has 0 bridgehead atoms. The van der Waals surface area contributed by atoms with Crippen molar-refractivity contribution in [2.24, 2.45) is 0 Å². The van der Waals surface area contributed by atoms with Crippen molar-refractivity contribution in [3.63, 3.8) is 0 Å². The van der Waals surface area contributed by atoms with Crippen molar-refractivity contribution >= 4 is 39.9 Å². The van der Waals surface area contributed by atoms with Gasteiger partial charge in [0.2, 0.25) is 0 Å². The number of nitrogens with zero attached hydrogens (tertiary/aromatic N) is 5. The first-order chi connectivity index (χ1) is 19.4. The zero-order chi connectivity index (χ0) is 27.8. The average molecular weight is 543 g/mol. The maximum Gasteiger partial charge on any atom is 0.317 e. The zero-order valence-corrected chi connectivity index (χ0v) is 21.9. The Morgan fingerprint density at radius 3 is 2.85 bits per heavy atom. The lowest BCUT2D eigenvalue weighted by atomic mass is 10.0. The van der Waals surface area contributed by atoms with E-state index in [4.69, 9.17) is 4.42 Å². The number of fused-ring (bicyclic) bond motifs is 2. The van der Waals surface area contributed by atoms with E-state index in [2.05, 4.69) is 35.7 Å². The van der Waals surface area contributed by atoms with Gasteiger partial charge in [0.15, 0.2) is 17.0 Å². The number of rotatable bonds is 6. The Morgan fingerprint density at radius 2 is 2.05 bits per heavy atom. The Balaban J connectivity index is 1.20. The van der Waals surface area contributed by atoms with Crippen molar-refractivity contribution in [2.45, 2.75) is 19.0 Å². The van der Waals surface area contributed by atoms with Crippen molar-refractivity contribution in [3.05, 3.63) is 72.0 Å². The van der Waals surface area contributed by atoms with Gasteiger partial charge < -0.3 is 24.9 Å². The molecule has 0 unspecified atom stereocenters. The first-order valence-electron chi connectivity index (χ1n) is 12.9. The number of carbonyl (C=O) groups excluding carboxylic acids is 2. The van der Waals surface area contributed by atoms with Gasteiger partial charge in [-0.3, -0.25) is 9.89 Å². The molecule has 2 aromatic carbocycles. The first-order valence-corrected chi connectivity index (χ1v) is 12.9. The number of carbonyl (C=O) groups is 2. The molecule has 12 heteroatoms. The van der Waals surface area contributed by atoms with Crippen LogP contribution in [0.3, 0.4) is 0 Å². The normalized spacial score (nSPS) is 15.1. The average Bonchev–Trinajstić information content (AvgIpc) is 3.70. The number of hydrogen-bond donors (Lipinski definition) is 3. The Labute approximate surface area is 228 Å². The summed E-state index contributed by atoms with van der Waals surface area (Å²) in [5.41, 5.74) is 3.42. The van der Waals surface area contributed by atoms with Gasteiger partial charge in [-0.15, -0.1) is 0 Å². The summed E-state index contributed by atoms with van der Waals surface area (Å²) in [6.07, 6.45) is 2.43. The fourth-order valence-corrected chi connectivity index (χ4v) is 4.86. The monoisotopic (exact) mass is 542 g/mol. The van der Waals surface area contributed by atoms with Gasteiger partial charge in [0, 0.05) is 51.5 Å². The van der Waals surface area contributed by atoms with Gasteiger partial charge in [-0.2, -0.15) is 5.10 Å². The molecule has 0 aliphatic carbocycles. The molecule has 1 aliphatic heterocycles. The van der Waals surface area contributed by atoms with Crippen LogP contribution in [-0.2, 0) is 6.54 Å². The van der Waals surface area contributed by atoms with Crippen LogP contribution in [0.25, 0.3) is 33.3 Å². The number of H-pyrrole nitrogens is 1. The third kappa shape index (κ3) is 4.79. The van der Waals surface area contributed by atoms with E-state index in [0.29, 0.717) is 46.8 Å². The maximum atomic E-state index is 15.2. The third-order valence-corrected chi connectivity index (χ3v) is 6.96. The molecule has 1 atom stereocenters. The molecular weight excluding hydrogens is 515 g/mol. The summed E-state index contributed by atoms with van der Waals surface area (Å²) in [5.74, 6) is -0.354. The molecule has 0 spiro atoms. The quantitative estimate of drug-likeness (QED) is 0.298. The second-order valence-corrected chi connectivity index (χ2v) is 9.88. The number of nitrogens with one attached hydrogen (secondary N) is 3. The summed E-state index contributed by atoms with van der Waals surface area (Å²) >= 11 is 0. The number of amides is 3. The molecule has 0 saturated carbocycles. The van der Waals surface area contributed by atoms with Gasteiger partial charge in [0.05, 0.1) is 5.39 Å². The summed E-state index contributed by atoms with van der Waals surface area (Å²) in [5, 5.41) is 13.9. The van der Waals surface area contributed by atoms with Crippen molar-refractivity contribution in [3.8, 4) is 11.1 Å². The number of benzene rings is 2. The van der Waals surface area contributed by atoms with E-state index in [0.717, 1.165) is 17.4 Å². The van der Waals surface area contributed by atoms with Gasteiger partial charge in [0.25, 0.3) is 5.89 Å². The molecule has 40 heavy (non-hydrogen) atoms. The number of halogens is 1. The molecule has 204 valence electrons. The molecule has 3 N–H and O–H groups in total. The Bertz CT molecular complexity index is 1700. The number of hydrogen-bond acceptors (Lipinski definition) is 7. The summed E-state index contributed by atoms with van der Waals surface area (Å²) in [6, 6.07) is 13.6. The lowest BCUT2D eigenvalue weighted by Gasteiger charge is -2.19. The van der Waals surface area contributed by atoms with Crippen LogP contribution in [0.5, 0.6) is 0 Å². The molecule has 4 heterocycles. The van der Waals surface area contributed by atoms with E-state index < -0.39 is 11.7 Å². The second kappa shape index (κ2) is 10.3. The number of aromatic nitrogens is 4. The van der Waals surface area contributed by atoms with Crippen molar-refractivity contribution in [1.29, 1.82) is 0 Å². The molecule has 1 saturated heterocycles. The van der Waals surface area contributed by atoms with Crippen LogP contribution in [0.1, 0.15) is 22.7 Å². The molecule has 6 rings (SSSR count). The highest BCUT2D eigenvalue weighted by Crippen LogP contribution is 2.35. The van der Waals surface area contributed by atoms with E-state index in [1.165, 1.54) is 11.0 Å². The largest absolute Gasteiger partial charge is 0.432 e. The summed E-state index contributed by atoms with van der Waals surface area (Å²) in [6.45, 7) is 1.28. The Kier molecular flexibility index (Phi) is 6.50. The SMILES string of the molecule is CN(C)C(=O)N[C@@H]1CCN(c2n[nH]c3nccc(-c4ccc(CNC(=O)c5nc6ccccc6o5)c(F)c4)c23)C1. The van der Waals surface area contributed by atoms with Crippen LogP contribution in [0, 0.1) is 5.82 Å². The topological polar surface area (TPSA) is 132 Å². The lowest BCUT2D eigenvalue weighted by Crippen LogP contribution is -2.42. The lowest BCUT2D eigenvalue weighted by molar-refractivity contribution is 0.0918. The van der Waals surface area contributed by atoms with Crippen LogP contribution in [-0.4, -0.2) is 70.2 Å².